The lowest BCUT2D eigenvalue weighted by atomic mass is 9.95. The fourth-order valence-electron chi connectivity index (χ4n) is 5.96. The van der Waals surface area contributed by atoms with Crippen molar-refractivity contribution >= 4 is 17.5 Å². The van der Waals surface area contributed by atoms with Gasteiger partial charge in [0.1, 0.15) is 5.75 Å². The van der Waals surface area contributed by atoms with Gasteiger partial charge in [0.25, 0.3) is 5.91 Å². The van der Waals surface area contributed by atoms with Crippen LogP contribution in [0.25, 0.3) is 0 Å². The van der Waals surface area contributed by atoms with Gasteiger partial charge < -0.3 is 24.8 Å². The van der Waals surface area contributed by atoms with Crippen molar-refractivity contribution in [2.75, 3.05) is 44.2 Å². The number of nitrogens with one attached hydrogen (secondary N) is 1. The Labute approximate surface area is 239 Å². The maximum Gasteiger partial charge on any atom is 0.266 e. The van der Waals surface area contributed by atoms with Gasteiger partial charge in [0, 0.05) is 63.6 Å². The number of ether oxygens (including phenoxy) is 1. The number of carbonyl (C=O) groups excluding carboxylic acids is 2. The molecule has 2 aliphatic heterocycles. The van der Waals surface area contributed by atoms with E-state index in [1.165, 1.54) is 11.1 Å². The summed E-state index contributed by atoms with van der Waals surface area (Å²) in [6.07, 6.45) is 4.12. The molecule has 1 aliphatic carbocycles. The second-order valence-corrected chi connectivity index (χ2v) is 12.5. The van der Waals surface area contributed by atoms with E-state index in [9.17, 15) is 9.59 Å². The number of anilines is 1. The van der Waals surface area contributed by atoms with Crippen LogP contribution in [0.15, 0.2) is 48.5 Å². The fraction of sp³-hybridized carbons (Fsp3) is 0.576. The van der Waals surface area contributed by atoms with Crippen LogP contribution in [0.1, 0.15) is 70.4 Å². The molecule has 0 spiro atoms. The average molecular weight is 547 g/mol. The van der Waals surface area contributed by atoms with Gasteiger partial charge in [-0.15, -0.1) is 0 Å². The maximum atomic E-state index is 13.8. The molecule has 2 amide bonds. The molecule has 2 aromatic rings. The largest absolute Gasteiger partial charge is 0.478 e. The second-order valence-electron chi connectivity index (χ2n) is 12.5. The number of hydrogen-bond donors (Lipinski definition) is 1. The van der Waals surface area contributed by atoms with Gasteiger partial charge >= 0.3 is 0 Å². The lowest BCUT2D eigenvalue weighted by molar-refractivity contribution is -0.146. The number of piperidine rings is 1. The summed E-state index contributed by atoms with van der Waals surface area (Å²) in [6, 6.07) is 17.2. The number of piperazine rings is 1. The molecular formula is C33H46N4O3. The molecule has 2 aromatic carbocycles. The highest BCUT2D eigenvalue weighted by molar-refractivity contribution is 5.85. The Balaban J connectivity index is 1.24. The number of carbonyl (C=O) groups is 2. The van der Waals surface area contributed by atoms with Gasteiger partial charge in [-0.05, 0) is 68.7 Å². The van der Waals surface area contributed by atoms with Crippen molar-refractivity contribution in [3.05, 3.63) is 59.7 Å². The lowest BCUT2D eigenvalue weighted by Crippen LogP contribution is -2.54. The average Bonchev–Trinajstić information content (AvgIpc) is 3.81. The summed E-state index contributed by atoms with van der Waals surface area (Å²) in [4.78, 5) is 33.3. The highest BCUT2D eigenvalue weighted by Gasteiger charge is 2.38. The van der Waals surface area contributed by atoms with Crippen molar-refractivity contribution in [2.45, 2.75) is 77.5 Å². The summed E-state index contributed by atoms with van der Waals surface area (Å²) in [5, 5.41) is 3.29. The molecule has 2 saturated heterocycles. The van der Waals surface area contributed by atoms with Gasteiger partial charge in [0.05, 0.1) is 5.92 Å². The molecule has 0 bridgehead atoms. The first-order valence-corrected chi connectivity index (χ1v) is 15.1. The molecule has 3 aliphatic rings. The van der Waals surface area contributed by atoms with Gasteiger partial charge in [-0.2, -0.15) is 0 Å². The normalized spacial score (nSPS) is 20.0. The van der Waals surface area contributed by atoms with E-state index in [0.717, 1.165) is 51.0 Å². The Morgan fingerprint density at radius 2 is 1.75 bits per heavy atom. The summed E-state index contributed by atoms with van der Waals surface area (Å²) < 4.78 is 6.28. The van der Waals surface area contributed by atoms with E-state index < -0.39 is 5.60 Å². The molecule has 0 aromatic heterocycles. The molecule has 2 heterocycles. The minimum atomic E-state index is -0.950. The maximum absolute atomic E-state index is 13.8. The predicted molar refractivity (Wildman–Crippen MR) is 160 cm³/mol. The van der Waals surface area contributed by atoms with Gasteiger partial charge in [-0.3, -0.25) is 9.59 Å². The zero-order valence-corrected chi connectivity index (χ0v) is 24.7. The number of benzene rings is 2. The van der Waals surface area contributed by atoms with Gasteiger partial charge in [-0.1, -0.05) is 44.2 Å². The van der Waals surface area contributed by atoms with E-state index in [1.54, 1.807) is 0 Å². The Morgan fingerprint density at radius 1 is 1.02 bits per heavy atom. The number of hydrogen-bond acceptors (Lipinski definition) is 5. The van der Waals surface area contributed by atoms with E-state index >= 15 is 0 Å². The third-order valence-electron chi connectivity index (χ3n) is 8.52. The molecule has 1 N–H and O–H groups in total. The first-order chi connectivity index (χ1) is 19.2. The van der Waals surface area contributed by atoms with Crippen LogP contribution in [0.3, 0.4) is 0 Å². The zero-order valence-electron chi connectivity index (χ0n) is 24.7. The Bertz CT molecular complexity index is 1170. The zero-order chi connectivity index (χ0) is 28.3. The Hall–Kier alpha value is -3.06. The predicted octanol–water partition coefficient (Wildman–Crippen LogP) is 4.81. The molecule has 0 radical (unpaired) electrons. The van der Waals surface area contributed by atoms with Crippen LogP contribution in [0, 0.1) is 5.92 Å². The first kappa shape index (κ1) is 28.5. The lowest BCUT2D eigenvalue weighted by Gasteiger charge is -2.37. The summed E-state index contributed by atoms with van der Waals surface area (Å²) in [5.74, 6) is 1.48. The van der Waals surface area contributed by atoms with Crippen molar-refractivity contribution in [3.8, 4) is 5.75 Å². The minimum absolute atomic E-state index is 0.0143. The molecule has 216 valence electrons. The van der Waals surface area contributed by atoms with E-state index in [-0.39, 0.29) is 17.7 Å². The molecular weight excluding hydrogens is 500 g/mol. The van der Waals surface area contributed by atoms with E-state index in [4.69, 9.17) is 4.74 Å². The first-order valence-electron chi connectivity index (χ1n) is 15.1. The summed E-state index contributed by atoms with van der Waals surface area (Å²) in [5.41, 5.74) is 2.63. The van der Waals surface area contributed by atoms with E-state index in [0.29, 0.717) is 43.9 Å². The fourth-order valence-corrected chi connectivity index (χ4v) is 5.96. The smallest absolute Gasteiger partial charge is 0.266 e. The molecule has 1 saturated carbocycles. The van der Waals surface area contributed by atoms with Crippen molar-refractivity contribution in [3.63, 3.8) is 0 Å². The van der Waals surface area contributed by atoms with Crippen LogP contribution in [0.5, 0.6) is 5.75 Å². The number of nitrogens with zero attached hydrogens (tertiary/aromatic N) is 3. The van der Waals surface area contributed by atoms with Crippen molar-refractivity contribution in [1.82, 2.24) is 15.1 Å². The van der Waals surface area contributed by atoms with Crippen LogP contribution in [-0.2, 0) is 16.1 Å². The Morgan fingerprint density at radius 3 is 2.42 bits per heavy atom. The van der Waals surface area contributed by atoms with Crippen LogP contribution >= 0.6 is 0 Å². The number of amides is 2. The molecule has 3 fully saturated rings. The Kier molecular flexibility index (Phi) is 8.69. The molecule has 5 rings (SSSR count). The van der Waals surface area contributed by atoms with Crippen LogP contribution in [-0.4, -0.2) is 72.5 Å². The van der Waals surface area contributed by atoms with Crippen LogP contribution in [0.2, 0.25) is 0 Å². The third kappa shape index (κ3) is 6.80. The molecule has 7 heteroatoms. The quantitative estimate of drug-likeness (QED) is 0.489. The van der Waals surface area contributed by atoms with Gasteiger partial charge in [0.2, 0.25) is 5.91 Å². The van der Waals surface area contributed by atoms with Gasteiger partial charge in [0.15, 0.2) is 5.60 Å². The van der Waals surface area contributed by atoms with Crippen molar-refractivity contribution in [1.29, 1.82) is 0 Å². The third-order valence-corrected chi connectivity index (χ3v) is 8.52. The van der Waals surface area contributed by atoms with Gasteiger partial charge in [-0.25, -0.2) is 0 Å². The molecule has 1 unspecified atom stereocenters. The van der Waals surface area contributed by atoms with Crippen molar-refractivity contribution in [2.24, 2.45) is 5.92 Å². The summed E-state index contributed by atoms with van der Waals surface area (Å²) in [7, 11) is 0. The molecule has 1 atom stereocenters. The highest BCUT2D eigenvalue weighted by Crippen LogP contribution is 2.33. The summed E-state index contributed by atoms with van der Waals surface area (Å²) >= 11 is 0. The monoisotopic (exact) mass is 546 g/mol. The highest BCUT2D eigenvalue weighted by atomic mass is 16.5. The van der Waals surface area contributed by atoms with Crippen molar-refractivity contribution < 1.29 is 14.3 Å². The molecule has 7 nitrogen and oxygen atoms in total. The standard InChI is InChI=1S/C33H46N4O3/c1-24(2)26-12-10-25(11-13-26)22-37(28-14-15-28)31(38)27-7-6-18-36(23-27)29-8-5-9-30(21-29)40-33(3,4)32(39)35-19-16-34-17-20-35/h5,8-13,21,24,27-28,34H,6-7,14-20,22-23H2,1-4H3. The summed E-state index contributed by atoms with van der Waals surface area (Å²) in [6.45, 7) is 13.5. The molecule has 40 heavy (non-hydrogen) atoms. The van der Waals surface area contributed by atoms with Crippen LogP contribution < -0.4 is 15.0 Å². The topological polar surface area (TPSA) is 65.1 Å². The second kappa shape index (κ2) is 12.2. The number of rotatable bonds is 9. The SMILES string of the molecule is CC(C)c1ccc(CN(C(=O)C2CCCN(c3cccc(OC(C)(C)C(=O)N4CCNCC4)c3)C2)C2CC2)cc1. The van der Waals surface area contributed by atoms with E-state index in [1.807, 2.05) is 36.9 Å². The minimum Gasteiger partial charge on any atom is -0.478 e. The van der Waals surface area contributed by atoms with E-state index in [2.05, 4.69) is 59.3 Å². The van der Waals surface area contributed by atoms with Crippen LogP contribution in [0.4, 0.5) is 5.69 Å².